The number of piperidine rings is 1. The molecule has 2 N–H and O–H groups in total. The van der Waals surface area contributed by atoms with E-state index in [1.54, 1.807) is 6.20 Å². The van der Waals surface area contributed by atoms with E-state index in [2.05, 4.69) is 60.8 Å². The molecule has 0 atom stereocenters. The molecule has 1 fully saturated rings. The SMILES string of the molecule is Cc1ccc(C(C)(C)CNC(=O)C2(n3cccn3)CCNCC2)cc1. The van der Waals surface area contributed by atoms with E-state index in [-0.39, 0.29) is 11.3 Å². The number of aromatic nitrogens is 2. The third-order valence-electron chi connectivity index (χ3n) is 5.32. The Kier molecular flexibility index (Phi) is 4.95. The summed E-state index contributed by atoms with van der Waals surface area (Å²) in [6, 6.07) is 10.4. The van der Waals surface area contributed by atoms with Gasteiger partial charge in [0, 0.05) is 24.4 Å². The second-order valence-electron chi connectivity index (χ2n) is 7.66. The monoisotopic (exact) mass is 340 g/mol. The van der Waals surface area contributed by atoms with Crippen molar-refractivity contribution in [3.63, 3.8) is 0 Å². The van der Waals surface area contributed by atoms with E-state index >= 15 is 0 Å². The van der Waals surface area contributed by atoms with Gasteiger partial charge in [0.05, 0.1) is 0 Å². The first-order valence-corrected chi connectivity index (χ1v) is 9.00. The molecule has 0 aliphatic carbocycles. The van der Waals surface area contributed by atoms with Crippen LogP contribution in [-0.4, -0.2) is 35.3 Å². The zero-order valence-corrected chi connectivity index (χ0v) is 15.4. The molecule has 1 aromatic heterocycles. The predicted molar refractivity (Wildman–Crippen MR) is 99.5 cm³/mol. The molecule has 0 saturated carbocycles. The third kappa shape index (κ3) is 3.61. The van der Waals surface area contributed by atoms with Crippen LogP contribution in [0.2, 0.25) is 0 Å². The second-order valence-corrected chi connectivity index (χ2v) is 7.66. The zero-order chi connectivity index (χ0) is 17.9. The highest BCUT2D eigenvalue weighted by molar-refractivity contribution is 5.84. The van der Waals surface area contributed by atoms with Gasteiger partial charge < -0.3 is 10.6 Å². The molecule has 3 rings (SSSR count). The summed E-state index contributed by atoms with van der Waals surface area (Å²) in [5.74, 6) is 0.0675. The molecule has 0 radical (unpaired) electrons. The summed E-state index contributed by atoms with van der Waals surface area (Å²) in [5, 5.41) is 10.9. The van der Waals surface area contributed by atoms with E-state index in [1.165, 1.54) is 11.1 Å². The number of carbonyl (C=O) groups excluding carboxylic acids is 1. The van der Waals surface area contributed by atoms with E-state index in [4.69, 9.17) is 0 Å². The Labute approximate surface area is 149 Å². The van der Waals surface area contributed by atoms with Gasteiger partial charge in [-0.1, -0.05) is 43.7 Å². The van der Waals surface area contributed by atoms with Crippen LogP contribution in [0, 0.1) is 6.92 Å². The van der Waals surface area contributed by atoms with Crippen LogP contribution in [0.1, 0.15) is 37.8 Å². The van der Waals surface area contributed by atoms with Crippen LogP contribution in [-0.2, 0) is 15.7 Å². The second kappa shape index (κ2) is 7.00. The molecule has 5 nitrogen and oxygen atoms in total. The summed E-state index contributed by atoms with van der Waals surface area (Å²) >= 11 is 0. The van der Waals surface area contributed by atoms with Gasteiger partial charge in [0.1, 0.15) is 5.54 Å². The lowest BCUT2D eigenvalue weighted by Crippen LogP contribution is -2.56. The van der Waals surface area contributed by atoms with Gasteiger partial charge in [-0.25, -0.2) is 0 Å². The lowest BCUT2D eigenvalue weighted by atomic mass is 9.83. The van der Waals surface area contributed by atoms with Crippen molar-refractivity contribution < 1.29 is 4.79 Å². The molecular weight excluding hydrogens is 312 g/mol. The van der Waals surface area contributed by atoms with Gasteiger partial charge in [0.15, 0.2) is 0 Å². The standard InChI is InChI=1S/C20H28N4O/c1-16-5-7-17(8-6-16)19(2,3)15-22-18(25)20(9-12-21-13-10-20)24-14-4-11-23-24/h4-8,11,14,21H,9-10,12-13,15H2,1-3H3,(H,22,25). The number of hydrogen-bond donors (Lipinski definition) is 2. The number of carbonyl (C=O) groups is 1. The predicted octanol–water partition coefficient (Wildman–Crippen LogP) is 2.36. The van der Waals surface area contributed by atoms with Crippen molar-refractivity contribution in [2.75, 3.05) is 19.6 Å². The molecule has 2 heterocycles. The fourth-order valence-electron chi connectivity index (χ4n) is 3.50. The smallest absolute Gasteiger partial charge is 0.248 e. The summed E-state index contributed by atoms with van der Waals surface area (Å²) in [5.41, 5.74) is 1.77. The molecule has 0 spiro atoms. The maximum Gasteiger partial charge on any atom is 0.248 e. The summed E-state index contributed by atoms with van der Waals surface area (Å²) in [7, 11) is 0. The lowest BCUT2D eigenvalue weighted by Gasteiger charge is -2.37. The first-order chi connectivity index (χ1) is 11.9. The van der Waals surface area contributed by atoms with Crippen LogP contribution in [0.3, 0.4) is 0 Å². The maximum atomic E-state index is 13.2. The van der Waals surface area contributed by atoms with Gasteiger partial charge in [-0.3, -0.25) is 9.48 Å². The molecule has 1 amide bonds. The molecule has 1 saturated heterocycles. The fraction of sp³-hybridized carbons (Fsp3) is 0.500. The summed E-state index contributed by atoms with van der Waals surface area (Å²) in [4.78, 5) is 13.2. The van der Waals surface area contributed by atoms with Crippen molar-refractivity contribution in [3.8, 4) is 0 Å². The Hall–Kier alpha value is -2.14. The number of nitrogens with one attached hydrogen (secondary N) is 2. The summed E-state index contributed by atoms with van der Waals surface area (Å²) < 4.78 is 1.84. The number of aryl methyl sites for hydroxylation is 1. The average molecular weight is 340 g/mol. The quantitative estimate of drug-likeness (QED) is 0.878. The van der Waals surface area contributed by atoms with E-state index in [0.29, 0.717) is 6.54 Å². The van der Waals surface area contributed by atoms with Crippen molar-refractivity contribution in [2.45, 2.75) is 44.6 Å². The van der Waals surface area contributed by atoms with Gasteiger partial charge >= 0.3 is 0 Å². The molecule has 1 aliphatic rings. The Morgan fingerprint density at radius 2 is 1.96 bits per heavy atom. The van der Waals surface area contributed by atoms with Gasteiger partial charge in [-0.15, -0.1) is 0 Å². The molecule has 1 aromatic carbocycles. The topological polar surface area (TPSA) is 59.0 Å². The molecular formula is C20H28N4O. The van der Waals surface area contributed by atoms with Crippen LogP contribution >= 0.6 is 0 Å². The fourth-order valence-corrected chi connectivity index (χ4v) is 3.50. The Bertz CT molecular complexity index is 698. The molecule has 1 aliphatic heterocycles. The van der Waals surface area contributed by atoms with Crippen LogP contribution < -0.4 is 10.6 Å². The van der Waals surface area contributed by atoms with Crippen LogP contribution in [0.4, 0.5) is 0 Å². The number of benzene rings is 1. The largest absolute Gasteiger partial charge is 0.353 e. The first kappa shape index (κ1) is 17.7. The highest BCUT2D eigenvalue weighted by atomic mass is 16.2. The normalized spacial score (nSPS) is 17.2. The molecule has 134 valence electrons. The number of amides is 1. The lowest BCUT2D eigenvalue weighted by molar-refractivity contribution is -0.132. The Morgan fingerprint density at radius 1 is 1.28 bits per heavy atom. The highest BCUT2D eigenvalue weighted by Crippen LogP contribution is 2.28. The molecule has 5 heteroatoms. The minimum Gasteiger partial charge on any atom is -0.353 e. The minimum absolute atomic E-state index is 0.0675. The molecule has 2 aromatic rings. The van der Waals surface area contributed by atoms with E-state index in [1.807, 2.05) is 16.9 Å². The third-order valence-corrected chi connectivity index (χ3v) is 5.32. The number of hydrogen-bond acceptors (Lipinski definition) is 3. The van der Waals surface area contributed by atoms with E-state index < -0.39 is 5.54 Å². The average Bonchev–Trinajstić information content (AvgIpc) is 3.16. The van der Waals surface area contributed by atoms with Gasteiger partial charge in [0.2, 0.25) is 5.91 Å². The first-order valence-electron chi connectivity index (χ1n) is 9.00. The Morgan fingerprint density at radius 3 is 2.56 bits per heavy atom. The maximum absolute atomic E-state index is 13.2. The number of nitrogens with zero attached hydrogens (tertiary/aromatic N) is 2. The number of rotatable bonds is 5. The van der Waals surface area contributed by atoms with E-state index in [0.717, 1.165) is 25.9 Å². The summed E-state index contributed by atoms with van der Waals surface area (Å²) in [6.45, 7) is 8.68. The van der Waals surface area contributed by atoms with Crippen molar-refractivity contribution in [3.05, 3.63) is 53.9 Å². The molecule has 0 bridgehead atoms. The van der Waals surface area contributed by atoms with Gasteiger partial charge in [0.25, 0.3) is 0 Å². The summed E-state index contributed by atoms with van der Waals surface area (Å²) in [6.07, 6.45) is 5.15. The van der Waals surface area contributed by atoms with Crippen molar-refractivity contribution in [1.29, 1.82) is 0 Å². The van der Waals surface area contributed by atoms with Crippen LogP contribution in [0.5, 0.6) is 0 Å². The Balaban J connectivity index is 1.74. The van der Waals surface area contributed by atoms with Crippen LogP contribution in [0.15, 0.2) is 42.7 Å². The van der Waals surface area contributed by atoms with Crippen LogP contribution in [0.25, 0.3) is 0 Å². The highest BCUT2D eigenvalue weighted by Gasteiger charge is 2.42. The molecule has 0 unspecified atom stereocenters. The minimum atomic E-state index is -0.585. The molecule has 25 heavy (non-hydrogen) atoms. The van der Waals surface area contributed by atoms with E-state index in [9.17, 15) is 4.79 Å². The van der Waals surface area contributed by atoms with Gasteiger partial charge in [-0.05, 0) is 44.5 Å². The van der Waals surface area contributed by atoms with Crippen molar-refractivity contribution >= 4 is 5.91 Å². The zero-order valence-electron chi connectivity index (χ0n) is 15.4. The van der Waals surface area contributed by atoms with Crippen molar-refractivity contribution in [2.24, 2.45) is 0 Å². The van der Waals surface area contributed by atoms with Crippen molar-refractivity contribution in [1.82, 2.24) is 20.4 Å². The van der Waals surface area contributed by atoms with Gasteiger partial charge in [-0.2, -0.15) is 5.10 Å².